The Kier molecular flexibility index (Phi) is 5.36. The molecular formula is C18H25FN2O3. The average molecular weight is 336 g/mol. The van der Waals surface area contributed by atoms with Crippen molar-refractivity contribution in [3.63, 3.8) is 0 Å². The number of benzene rings is 1. The highest BCUT2D eigenvalue weighted by Gasteiger charge is 2.36. The topological polar surface area (TPSA) is 61.8 Å². The largest absolute Gasteiger partial charge is 0.497 e. The van der Waals surface area contributed by atoms with Crippen LogP contribution in [0.3, 0.4) is 0 Å². The third kappa shape index (κ3) is 4.45. The summed E-state index contributed by atoms with van der Waals surface area (Å²) >= 11 is 0. The van der Waals surface area contributed by atoms with E-state index in [1.807, 2.05) is 0 Å². The number of carboxylic acid groups (broad SMARTS) is 1. The molecule has 2 aliphatic carbocycles. The monoisotopic (exact) mass is 336 g/mol. The molecule has 2 N–H and O–H groups in total. The number of carboxylic acids is 1. The van der Waals surface area contributed by atoms with E-state index in [0.29, 0.717) is 35.9 Å². The van der Waals surface area contributed by atoms with E-state index in [2.05, 4.69) is 10.2 Å². The van der Waals surface area contributed by atoms with E-state index in [0.717, 1.165) is 19.4 Å². The SMILES string of the molecule is COc1ccc(F)c(CNC2CC(N(CC(=O)O)CC3CC3)C2)c1. The molecule has 0 heterocycles. The molecule has 0 atom stereocenters. The van der Waals surface area contributed by atoms with Gasteiger partial charge in [0.2, 0.25) is 0 Å². The van der Waals surface area contributed by atoms with Crippen LogP contribution in [-0.2, 0) is 11.3 Å². The summed E-state index contributed by atoms with van der Waals surface area (Å²) in [7, 11) is 1.57. The fourth-order valence-corrected chi connectivity index (χ4v) is 3.27. The number of rotatable bonds is 9. The summed E-state index contributed by atoms with van der Waals surface area (Å²) in [6.45, 7) is 1.48. The first kappa shape index (κ1) is 17.2. The van der Waals surface area contributed by atoms with E-state index >= 15 is 0 Å². The number of nitrogens with zero attached hydrogens (tertiary/aromatic N) is 1. The Hall–Kier alpha value is -1.66. The molecule has 0 bridgehead atoms. The van der Waals surface area contributed by atoms with Crippen LogP contribution in [0.1, 0.15) is 31.2 Å². The fourth-order valence-electron chi connectivity index (χ4n) is 3.27. The molecule has 24 heavy (non-hydrogen) atoms. The Morgan fingerprint density at radius 2 is 2.17 bits per heavy atom. The molecule has 3 rings (SSSR count). The second-order valence-electron chi connectivity index (χ2n) is 6.93. The van der Waals surface area contributed by atoms with Crippen molar-refractivity contribution in [2.75, 3.05) is 20.2 Å². The van der Waals surface area contributed by atoms with Gasteiger partial charge in [-0.05, 0) is 49.8 Å². The van der Waals surface area contributed by atoms with Gasteiger partial charge in [0.25, 0.3) is 0 Å². The number of hydrogen-bond donors (Lipinski definition) is 2. The summed E-state index contributed by atoms with van der Waals surface area (Å²) < 4.78 is 18.9. The second-order valence-corrected chi connectivity index (χ2v) is 6.93. The summed E-state index contributed by atoms with van der Waals surface area (Å²) in [6.07, 6.45) is 4.29. The van der Waals surface area contributed by atoms with Crippen molar-refractivity contribution in [3.8, 4) is 5.75 Å². The van der Waals surface area contributed by atoms with Crippen molar-refractivity contribution in [2.24, 2.45) is 5.92 Å². The molecule has 132 valence electrons. The molecule has 1 aromatic rings. The number of hydrogen-bond acceptors (Lipinski definition) is 4. The van der Waals surface area contributed by atoms with Gasteiger partial charge in [0, 0.05) is 30.7 Å². The highest BCUT2D eigenvalue weighted by Crippen LogP contribution is 2.33. The molecule has 2 aliphatic rings. The van der Waals surface area contributed by atoms with Crippen LogP contribution >= 0.6 is 0 Å². The standard InChI is InChI=1S/C18H25FN2O3/c1-24-16-4-5-17(19)13(6-16)9-20-14-7-15(8-14)21(11-18(22)23)10-12-2-3-12/h4-6,12,14-15,20H,2-3,7-11H2,1H3,(H,22,23). The van der Waals surface area contributed by atoms with Gasteiger partial charge >= 0.3 is 5.97 Å². The lowest BCUT2D eigenvalue weighted by molar-refractivity contribution is -0.139. The minimum absolute atomic E-state index is 0.123. The predicted octanol–water partition coefficient (Wildman–Crippen LogP) is 2.25. The predicted molar refractivity (Wildman–Crippen MR) is 88.5 cm³/mol. The van der Waals surface area contributed by atoms with Crippen molar-refractivity contribution in [1.29, 1.82) is 0 Å². The van der Waals surface area contributed by atoms with Crippen molar-refractivity contribution >= 4 is 5.97 Å². The maximum Gasteiger partial charge on any atom is 0.317 e. The number of carbonyl (C=O) groups is 1. The van der Waals surface area contributed by atoms with Gasteiger partial charge < -0.3 is 15.2 Å². The van der Waals surface area contributed by atoms with Gasteiger partial charge in [0.15, 0.2) is 0 Å². The maximum atomic E-state index is 13.8. The van der Waals surface area contributed by atoms with Crippen molar-refractivity contribution in [1.82, 2.24) is 10.2 Å². The van der Waals surface area contributed by atoms with Crippen LogP contribution in [-0.4, -0.2) is 48.3 Å². The maximum absolute atomic E-state index is 13.8. The summed E-state index contributed by atoms with van der Waals surface area (Å²) in [6, 6.07) is 5.39. The first-order valence-corrected chi connectivity index (χ1v) is 8.56. The minimum atomic E-state index is -0.759. The second kappa shape index (κ2) is 7.49. The zero-order valence-corrected chi connectivity index (χ0v) is 14.0. The Morgan fingerprint density at radius 1 is 1.42 bits per heavy atom. The molecule has 1 aromatic carbocycles. The normalized spacial score (nSPS) is 23.1. The van der Waals surface area contributed by atoms with E-state index in [9.17, 15) is 9.18 Å². The van der Waals surface area contributed by atoms with Crippen LogP contribution in [0.4, 0.5) is 4.39 Å². The molecule has 0 aromatic heterocycles. The molecule has 0 spiro atoms. The smallest absolute Gasteiger partial charge is 0.317 e. The lowest BCUT2D eigenvalue weighted by Gasteiger charge is -2.43. The first-order valence-electron chi connectivity index (χ1n) is 8.56. The average Bonchev–Trinajstić information content (AvgIpc) is 3.30. The lowest BCUT2D eigenvalue weighted by Crippen LogP contribution is -2.54. The minimum Gasteiger partial charge on any atom is -0.497 e. The third-order valence-corrected chi connectivity index (χ3v) is 4.99. The van der Waals surface area contributed by atoms with E-state index in [-0.39, 0.29) is 12.4 Å². The molecule has 0 unspecified atom stereocenters. The Morgan fingerprint density at radius 3 is 2.79 bits per heavy atom. The Bertz CT molecular complexity index is 586. The molecular weight excluding hydrogens is 311 g/mol. The molecule has 2 fully saturated rings. The third-order valence-electron chi connectivity index (χ3n) is 4.99. The lowest BCUT2D eigenvalue weighted by atomic mass is 9.85. The van der Waals surface area contributed by atoms with E-state index in [4.69, 9.17) is 9.84 Å². The number of aliphatic carboxylic acids is 1. The molecule has 6 heteroatoms. The molecule has 0 radical (unpaired) electrons. The van der Waals surface area contributed by atoms with E-state index < -0.39 is 5.97 Å². The molecule has 2 saturated carbocycles. The summed E-state index contributed by atoms with van der Waals surface area (Å²) in [5.41, 5.74) is 0.596. The summed E-state index contributed by atoms with van der Waals surface area (Å²) in [5, 5.41) is 12.4. The van der Waals surface area contributed by atoms with Crippen LogP contribution < -0.4 is 10.1 Å². The van der Waals surface area contributed by atoms with Gasteiger partial charge in [-0.25, -0.2) is 4.39 Å². The van der Waals surface area contributed by atoms with Crippen LogP contribution in [0.15, 0.2) is 18.2 Å². The van der Waals surface area contributed by atoms with Crippen molar-refractivity contribution in [2.45, 2.75) is 44.3 Å². The van der Waals surface area contributed by atoms with Gasteiger partial charge in [-0.1, -0.05) is 0 Å². The highest BCUT2D eigenvalue weighted by molar-refractivity contribution is 5.69. The quantitative estimate of drug-likeness (QED) is 0.724. The van der Waals surface area contributed by atoms with Crippen molar-refractivity contribution in [3.05, 3.63) is 29.6 Å². The van der Waals surface area contributed by atoms with Crippen LogP contribution in [0, 0.1) is 11.7 Å². The van der Waals surface area contributed by atoms with Gasteiger partial charge in [0.1, 0.15) is 11.6 Å². The number of halogens is 1. The van der Waals surface area contributed by atoms with Crippen LogP contribution in [0.25, 0.3) is 0 Å². The summed E-state index contributed by atoms with van der Waals surface area (Å²) in [5.74, 6) is 0.338. The first-order chi connectivity index (χ1) is 11.5. The van der Waals surface area contributed by atoms with E-state index in [1.165, 1.54) is 18.9 Å². The molecule has 0 saturated heterocycles. The number of methoxy groups -OCH3 is 1. The molecule has 0 amide bonds. The van der Waals surface area contributed by atoms with Gasteiger partial charge in [0.05, 0.1) is 13.7 Å². The van der Waals surface area contributed by atoms with Gasteiger partial charge in [-0.2, -0.15) is 0 Å². The summed E-state index contributed by atoms with van der Waals surface area (Å²) in [4.78, 5) is 13.1. The number of nitrogens with one attached hydrogen (secondary N) is 1. The number of ether oxygens (including phenoxy) is 1. The van der Waals surface area contributed by atoms with E-state index in [1.54, 1.807) is 19.2 Å². The zero-order chi connectivity index (χ0) is 17.1. The fraction of sp³-hybridized carbons (Fsp3) is 0.611. The van der Waals surface area contributed by atoms with Gasteiger partial charge in [-0.15, -0.1) is 0 Å². The highest BCUT2D eigenvalue weighted by atomic mass is 19.1. The van der Waals surface area contributed by atoms with Crippen LogP contribution in [0.5, 0.6) is 5.75 Å². The molecule has 0 aliphatic heterocycles. The zero-order valence-electron chi connectivity index (χ0n) is 14.0. The van der Waals surface area contributed by atoms with Gasteiger partial charge in [-0.3, -0.25) is 9.69 Å². The Balaban J connectivity index is 1.46. The molecule has 5 nitrogen and oxygen atoms in total. The van der Waals surface area contributed by atoms with Crippen LogP contribution in [0.2, 0.25) is 0 Å². The van der Waals surface area contributed by atoms with Crippen molar-refractivity contribution < 1.29 is 19.0 Å². The Labute approximate surface area is 141 Å².